The summed E-state index contributed by atoms with van der Waals surface area (Å²) in [5.74, 6) is 1.77. The van der Waals surface area contributed by atoms with E-state index >= 15 is 0 Å². The van der Waals surface area contributed by atoms with Crippen molar-refractivity contribution in [1.82, 2.24) is 5.32 Å². The minimum Gasteiger partial charge on any atom is -0.373 e. The van der Waals surface area contributed by atoms with Crippen LogP contribution < -0.4 is 5.32 Å². The molecule has 3 rings (SSSR count). The summed E-state index contributed by atoms with van der Waals surface area (Å²) in [4.78, 5) is 0. The largest absolute Gasteiger partial charge is 0.373 e. The Morgan fingerprint density at radius 1 is 0.938 bits per heavy atom. The average molecular weight is 223 g/mol. The predicted molar refractivity (Wildman–Crippen MR) is 65.4 cm³/mol. The first-order chi connectivity index (χ1) is 7.72. The zero-order valence-electron chi connectivity index (χ0n) is 10.6. The van der Waals surface area contributed by atoms with Crippen molar-refractivity contribution in [2.45, 2.75) is 76.7 Å². The molecule has 2 heteroatoms. The molecule has 2 saturated heterocycles. The molecule has 0 aromatic carbocycles. The molecule has 2 bridgehead atoms. The monoisotopic (exact) mass is 223 g/mol. The molecule has 1 saturated carbocycles. The molecule has 0 aromatic heterocycles. The zero-order chi connectivity index (χ0) is 11.1. The highest BCUT2D eigenvalue weighted by atomic mass is 16.5. The molecule has 1 aliphatic carbocycles. The van der Waals surface area contributed by atoms with Crippen LogP contribution in [0.1, 0.15) is 52.4 Å². The van der Waals surface area contributed by atoms with Crippen molar-refractivity contribution in [3.05, 3.63) is 0 Å². The van der Waals surface area contributed by atoms with E-state index in [1.165, 1.54) is 38.5 Å². The van der Waals surface area contributed by atoms with E-state index in [-0.39, 0.29) is 0 Å². The van der Waals surface area contributed by atoms with Gasteiger partial charge in [-0.25, -0.2) is 0 Å². The van der Waals surface area contributed by atoms with E-state index in [1.54, 1.807) is 0 Å². The first kappa shape index (κ1) is 11.0. The SMILES string of the molecule is CC1CCC(C)C(NC2CC3CCC2O3)C1. The molecule has 1 N–H and O–H groups in total. The van der Waals surface area contributed by atoms with E-state index in [0.29, 0.717) is 18.2 Å². The van der Waals surface area contributed by atoms with Crippen molar-refractivity contribution in [2.24, 2.45) is 11.8 Å². The fraction of sp³-hybridized carbons (Fsp3) is 1.00. The summed E-state index contributed by atoms with van der Waals surface area (Å²) in [5, 5.41) is 3.90. The standard InChI is InChI=1S/C14H25NO/c1-9-3-4-10(2)12(7-9)15-13-8-11-5-6-14(13)16-11/h9-15H,3-8H2,1-2H3. The first-order valence-corrected chi connectivity index (χ1v) is 7.14. The summed E-state index contributed by atoms with van der Waals surface area (Å²) < 4.78 is 5.93. The van der Waals surface area contributed by atoms with Gasteiger partial charge in [0.05, 0.1) is 12.2 Å². The van der Waals surface area contributed by atoms with Crippen LogP contribution in [0.5, 0.6) is 0 Å². The molecule has 2 nitrogen and oxygen atoms in total. The van der Waals surface area contributed by atoms with Crippen LogP contribution in [0.15, 0.2) is 0 Å². The van der Waals surface area contributed by atoms with Gasteiger partial charge in [0, 0.05) is 12.1 Å². The molecule has 0 aromatic rings. The number of nitrogens with one attached hydrogen (secondary N) is 1. The van der Waals surface area contributed by atoms with Crippen molar-refractivity contribution in [2.75, 3.05) is 0 Å². The smallest absolute Gasteiger partial charge is 0.0733 e. The summed E-state index contributed by atoms with van der Waals surface area (Å²) in [7, 11) is 0. The molecule has 2 aliphatic heterocycles. The predicted octanol–water partition coefficient (Wildman–Crippen LogP) is 2.72. The van der Waals surface area contributed by atoms with Gasteiger partial charge in [-0.15, -0.1) is 0 Å². The molecule has 0 spiro atoms. The van der Waals surface area contributed by atoms with E-state index in [2.05, 4.69) is 19.2 Å². The van der Waals surface area contributed by atoms with Gasteiger partial charge < -0.3 is 10.1 Å². The number of fused-ring (bicyclic) bond motifs is 2. The van der Waals surface area contributed by atoms with E-state index < -0.39 is 0 Å². The van der Waals surface area contributed by atoms with Crippen molar-refractivity contribution >= 4 is 0 Å². The summed E-state index contributed by atoms with van der Waals surface area (Å²) in [6.07, 6.45) is 9.18. The molecule has 6 unspecified atom stereocenters. The molecular weight excluding hydrogens is 198 g/mol. The van der Waals surface area contributed by atoms with Crippen LogP contribution in [-0.2, 0) is 4.74 Å². The second kappa shape index (κ2) is 4.30. The Balaban J connectivity index is 1.57. The Bertz CT molecular complexity index is 255. The lowest BCUT2D eigenvalue weighted by Gasteiger charge is -2.36. The van der Waals surface area contributed by atoms with Gasteiger partial charge in [0.25, 0.3) is 0 Å². The van der Waals surface area contributed by atoms with Gasteiger partial charge in [-0.3, -0.25) is 0 Å². The van der Waals surface area contributed by atoms with E-state index in [9.17, 15) is 0 Å². The van der Waals surface area contributed by atoms with Gasteiger partial charge in [0.1, 0.15) is 0 Å². The first-order valence-electron chi connectivity index (χ1n) is 7.14. The summed E-state index contributed by atoms with van der Waals surface area (Å²) in [5.41, 5.74) is 0. The summed E-state index contributed by atoms with van der Waals surface area (Å²) >= 11 is 0. The van der Waals surface area contributed by atoms with Gasteiger partial charge in [0.2, 0.25) is 0 Å². The maximum Gasteiger partial charge on any atom is 0.0733 e. The lowest BCUT2D eigenvalue weighted by molar-refractivity contribution is 0.0920. The summed E-state index contributed by atoms with van der Waals surface area (Å²) in [6.45, 7) is 4.81. The molecule has 0 amide bonds. The van der Waals surface area contributed by atoms with Gasteiger partial charge in [-0.05, 0) is 43.9 Å². The molecule has 3 fully saturated rings. The van der Waals surface area contributed by atoms with Crippen LogP contribution in [0.25, 0.3) is 0 Å². The van der Waals surface area contributed by atoms with Gasteiger partial charge in [0.15, 0.2) is 0 Å². The molecule has 3 aliphatic rings. The van der Waals surface area contributed by atoms with Crippen molar-refractivity contribution in [3.8, 4) is 0 Å². The van der Waals surface area contributed by atoms with Crippen LogP contribution in [0.4, 0.5) is 0 Å². The molecule has 0 radical (unpaired) electrons. The minimum atomic E-state index is 0.537. The topological polar surface area (TPSA) is 21.3 Å². The molecule has 92 valence electrons. The van der Waals surface area contributed by atoms with Gasteiger partial charge >= 0.3 is 0 Å². The fourth-order valence-corrected chi connectivity index (χ4v) is 3.85. The zero-order valence-corrected chi connectivity index (χ0v) is 10.6. The Hall–Kier alpha value is -0.0800. The van der Waals surface area contributed by atoms with E-state index in [1.807, 2.05) is 0 Å². The van der Waals surface area contributed by atoms with Crippen LogP contribution in [0, 0.1) is 11.8 Å². The maximum atomic E-state index is 5.93. The second-order valence-electron chi connectivity index (χ2n) is 6.38. The summed E-state index contributed by atoms with van der Waals surface area (Å²) in [6, 6.07) is 1.41. The Morgan fingerprint density at radius 2 is 1.81 bits per heavy atom. The number of ether oxygens (including phenoxy) is 1. The maximum absolute atomic E-state index is 5.93. The third-order valence-corrected chi connectivity index (χ3v) is 4.99. The van der Waals surface area contributed by atoms with Gasteiger partial charge in [-0.1, -0.05) is 20.3 Å². The number of hydrogen-bond donors (Lipinski definition) is 1. The normalized spacial score (nSPS) is 52.1. The number of rotatable bonds is 2. The fourth-order valence-electron chi connectivity index (χ4n) is 3.85. The van der Waals surface area contributed by atoms with Crippen LogP contribution >= 0.6 is 0 Å². The van der Waals surface area contributed by atoms with E-state index in [0.717, 1.165) is 17.9 Å². The Kier molecular flexibility index (Phi) is 2.97. The molecule has 16 heavy (non-hydrogen) atoms. The Labute approximate surface area is 99.1 Å². The lowest BCUT2D eigenvalue weighted by atomic mass is 9.79. The third-order valence-electron chi connectivity index (χ3n) is 4.99. The molecule has 2 heterocycles. The van der Waals surface area contributed by atoms with Crippen molar-refractivity contribution < 1.29 is 4.74 Å². The lowest BCUT2D eigenvalue weighted by Crippen LogP contribution is -2.48. The molecule has 6 atom stereocenters. The third kappa shape index (κ3) is 2.02. The highest BCUT2D eigenvalue weighted by Gasteiger charge is 2.42. The highest BCUT2D eigenvalue weighted by molar-refractivity contribution is 4.96. The van der Waals surface area contributed by atoms with Crippen LogP contribution in [-0.4, -0.2) is 24.3 Å². The van der Waals surface area contributed by atoms with Gasteiger partial charge in [-0.2, -0.15) is 0 Å². The van der Waals surface area contributed by atoms with Crippen molar-refractivity contribution in [3.63, 3.8) is 0 Å². The quantitative estimate of drug-likeness (QED) is 0.777. The average Bonchev–Trinajstić information content (AvgIpc) is 2.85. The van der Waals surface area contributed by atoms with E-state index in [4.69, 9.17) is 4.74 Å². The van der Waals surface area contributed by atoms with Crippen LogP contribution in [0.2, 0.25) is 0 Å². The number of hydrogen-bond acceptors (Lipinski definition) is 2. The minimum absolute atomic E-state index is 0.537. The Morgan fingerprint density at radius 3 is 2.50 bits per heavy atom. The van der Waals surface area contributed by atoms with Crippen LogP contribution in [0.3, 0.4) is 0 Å². The second-order valence-corrected chi connectivity index (χ2v) is 6.38. The highest BCUT2D eigenvalue weighted by Crippen LogP contribution is 2.36. The molecular formula is C14H25NO. The van der Waals surface area contributed by atoms with Crippen molar-refractivity contribution in [1.29, 1.82) is 0 Å².